The molecule has 0 amide bonds. The Morgan fingerprint density at radius 3 is 3.00 bits per heavy atom. The molecule has 3 nitrogen and oxygen atoms in total. The van der Waals surface area contributed by atoms with Crippen LogP contribution in [0, 0.1) is 5.82 Å². The summed E-state index contributed by atoms with van der Waals surface area (Å²) in [7, 11) is 0. The van der Waals surface area contributed by atoms with Crippen LogP contribution in [0.2, 0.25) is 0 Å². The van der Waals surface area contributed by atoms with Gasteiger partial charge in [-0.1, -0.05) is 6.07 Å². The van der Waals surface area contributed by atoms with Crippen molar-refractivity contribution >= 4 is 22.6 Å². The first-order chi connectivity index (χ1) is 9.52. The van der Waals surface area contributed by atoms with Gasteiger partial charge in [0.05, 0.1) is 17.0 Å². The second kappa shape index (κ2) is 5.01. The van der Waals surface area contributed by atoms with Crippen molar-refractivity contribution in [3.63, 3.8) is 0 Å². The van der Waals surface area contributed by atoms with E-state index < -0.39 is 0 Å². The van der Waals surface area contributed by atoms with Gasteiger partial charge in [0, 0.05) is 12.6 Å². The molecule has 1 unspecified atom stereocenters. The molecule has 0 saturated carbocycles. The van der Waals surface area contributed by atoms with Gasteiger partial charge in [0.25, 0.3) is 0 Å². The first-order valence-electron chi connectivity index (χ1n) is 6.87. The standard InChI is InChI=1S/C15H18ClFN2O/c1-15(2)8-10(6-7-20-15)19-12-5-3-4-11(17)14(12)18-13(19)9-16/h3-5,10H,6-9H2,1-2H3. The highest BCUT2D eigenvalue weighted by Gasteiger charge is 2.32. The maximum atomic E-state index is 13.9. The van der Waals surface area contributed by atoms with Crippen molar-refractivity contribution in [1.82, 2.24) is 9.55 Å². The summed E-state index contributed by atoms with van der Waals surface area (Å²) in [5.41, 5.74) is 1.06. The smallest absolute Gasteiger partial charge is 0.151 e. The molecule has 2 heterocycles. The molecule has 1 saturated heterocycles. The van der Waals surface area contributed by atoms with Gasteiger partial charge in [0.2, 0.25) is 0 Å². The third-order valence-electron chi connectivity index (χ3n) is 3.90. The minimum atomic E-state index is -0.293. The third kappa shape index (κ3) is 2.31. The van der Waals surface area contributed by atoms with Gasteiger partial charge in [-0.3, -0.25) is 0 Å². The fourth-order valence-corrected chi connectivity index (χ4v) is 3.24. The average Bonchev–Trinajstić information content (AvgIpc) is 2.77. The molecule has 5 heteroatoms. The number of para-hydroxylation sites is 1. The lowest BCUT2D eigenvalue weighted by molar-refractivity contribution is -0.0687. The summed E-state index contributed by atoms with van der Waals surface area (Å²) in [4.78, 5) is 4.37. The van der Waals surface area contributed by atoms with Crippen LogP contribution >= 0.6 is 11.6 Å². The highest BCUT2D eigenvalue weighted by atomic mass is 35.5. The molecule has 1 aromatic carbocycles. The number of benzene rings is 1. The predicted octanol–water partition coefficient (Wildman–Crippen LogP) is 4.04. The van der Waals surface area contributed by atoms with Crippen LogP contribution in [0.4, 0.5) is 4.39 Å². The molecule has 0 bridgehead atoms. The van der Waals surface area contributed by atoms with E-state index in [1.165, 1.54) is 6.07 Å². The van der Waals surface area contributed by atoms with Crippen LogP contribution in [0.15, 0.2) is 18.2 Å². The highest BCUT2D eigenvalue weighted by Crippen LogP contribution is 2.35. The fraction of sp³-hybridized carbons (Fsp3) is 0.533. The van der Waals surface area contributed by atoms with Crippen molar-refractivity contribution < 1.29 is 9.13 Å². The number of aromatic nitrogens is 2. The zero-order valence-corrected chi connectivity index (χ0v) is 12.5. The number of ether oxygens (including phenoxy) is 1. The largest absolute Gasteiger partial charge is 0.375 e. The van der Waals surface area contributed by atoms with E-state index >= 15 is 0 Å². The van der Waals surface area contributed by atoms with E-state index in [0.717, 1.165) is 24.2 Å². The Kier molecular flexibility index (Phi) is 3.46. The van der Waals surface area contributed by atoms with E-state index in [9.17, 15) is 4.39 Å². The van der Waals surface area contributed by atoms with E-state index in [0.29, 0.717) is 12.1 Å². The van der Waals surface area contributed by atoms with Gasteiger partial charge in [-0.2, -0.15) is 0 Å². The van der Waals surface area contributed by atoms with Gasteiger partial charge in [0.15, 0.2) is 5.82 Å². The van der Waals surface area contributed by atoms with Gasteiger partial charge in [-0.25, -0.2) is 9.37 Å². The lowest BCUT2D eigenvalue weighted by Crippen LogP contribution is -2.35. The van der Waals surface area contributed by atoms with Crippen LogP contribution in [0.3, 0.4) is 0 Å². The summed E-state index contributed by atoms with van der Waals surface area (Å²) in [5, 5.41) is 0. The molecule has 1 atom stereocenters. The first kappa shape index (κ1) is 13.8. The first-order valence-corrected chi connectivity index (χ1v) is 7.40. The molecular weight excluding hydrogens is 279 g/mol. The van der Waals surface area contributed by atoms with E-state index in [1.54, 1.807) is 6.07 Å². The van der Waals surface area contributed by atoms with E-state index in [4.69, 9.17) is 16.3 Å². The van der Waals surface area contributed by atoms with Crippen LogP contribution < -0.4 is 0 Å². The molecule has 20 heavy (non-hydrogen) atoms. The normalized spacial score (nSPS) is 22.3. The molecule has 2 aromatic rings. The van der Waals surface area contributed by atoms with Crippen molar-refractivity contribution in [2.45, 2.75) is 44.2 Å². The lowest BCUT2D eigenvalue weighted by Gasteiger charge is -2.36. The summed E-state index contributed by atoms with van der Waals surface area (Å²) >= 11 is 6.01. The fourth-order valence-electron chi connectivity index (χ4n) is 3.05. The Hall–Kier alpha value is -1.13. The molecule has 0 N–H and O–H groups in total. The maximum absolute atomic E-state index is 13.9. The summed E-state index contributed by atoms with van der Waals surface area (Å²) in [5.74, 6) is 0.722. The molecule has 0 spiro atoms. The average molecular weight is 297 g/mol. The molecule has 0 aliphatic carbocycles. The van der Waals surface area contributed by atoms with Gasteiger partial charge >= 0.3 is 0 Å². The second-order valence-electron chi connectivity index (χ2n) is 5.89. The molecule has 3 rings (SSSR count). The number of hydrogen-bond acceptors (Lipinski definition) is 2. The molecule has 0 radical (unpaired) electrons. The van der Waals surface area contributed by atoms with Gasteiger partial charge < -0.3 is 9.30 Å². The zero-order chi connectivity index (χ0) is 14.3. The third-order valence-corrected chi connectivity index (χ3v) is 4.14. The number of alkyl halides is 1. The second-order valence-corrected chi connectivity index (χ2v) is 6.16. The Balaban J connectivity index is 2.12. The maximum Gasteiger partial charge on any atom is 0.151 e. The molecule has 1 fully saturated rings. The Morgan fingerprint density at radius 1 is 1.50 bits per heavy atom. The molecule has 108 valence electrons. The van der Waals surface area contributed by atoms with Crippen LogP contribution in [-0.4, -0.2) is 21.8 Å². The van der Waals surface area contributed by atoms with Gasteiger partial charge in [0.1, 0.15) is 11.3 Å². The Labute approximate surface area is 122 Å². The van der Waals surface area contributed by atoms with Crippen LogP contribution in [0.5, 0.6) is 0 Å². The summed E-state index contributed by atoms with van der Waals surface area (Å²) in [6.45, 7) is 4.87. The van der Waals surface area contributed by atoms with E-state index in [2.05, 4.69) is 23.4 Å². The predicted molar refractivity (Wildman–Crippen MR) is 77.6 cm³/mol. The number of hydrogen-bond donors (Lipinski definition) is 0. The van der Waals surface area contributed by atoms with Gasteiger partial charge in [-0.15, -0.1) is 11.6 Å². The Morgan fingerprint density at radius 2 is 2.30 bits per heavy atom. The molecule has 1 aromatic heterocycles. The molecule has 1 aliphatic rings. The van der Waals surface area contributed by atoms with E-state index in [1.807, 2.05) is 6.07 Å². The minimum Gasteiger partial charge on any atom is -0.375 e. The number of nitrogens with zero attached hydrogens (tertiary/aromatic N) is 2. The Bertz CT molecular complexity index is 638. The van der Waals surface area contributed by atoms with Crippen molar-refractivity contribution in [2.75, 3.05) is 6.61 Å². The highest BCUT2D eigenvalue weighted by molar-refractivity contribution is 6.16. The van der Waals surface area contributed by atoms with Crippen LogP contribution in [0.1, 0.15) is 38.6 Å². The molecule has 1 aliphatic heterocycles. The van der Waals surface area contributed by atoms with E-state index in [-0.39, 0.29) is 23.3 Å². The van der Waals surface area contributed by atoms with Crippen LogP contribution in [0.25, 0.3) is 11.0 Å². The zero-order valence-electron chi connectivity index (χ0n) is 11.7. The van der Waals surface area contributed by atoms with Gasteiger partial charge in [-0.05, 0) is 38.8 Å². The van der Waals surface area contributed by atoms with Crippen molar-refractivity contribution in [1.29, 1.82) is 0 Å². The topological polar surface area (TPSA) is 27.1 Å². The van der Waals surface area contributed by atoms with Crippen molar-refractivity contribution in [3.05, 3.63) is 29.8 Å². The summed E-state index contributed by atoms with van der Waals surface area (Å²) in [6, 6.07) is 5.31. The number of imidazole rings is 1. The lowest BCUT2D eigenvalue weighted by atomic mass is 9.93. The minimum absolute atomic E-state index is 0.170. The summed E-state index contributed by atoms with van der Waals surface area (Å²) < 4.78 is 21.7. The van der Waals surface area contributed by atoms with Crippen LogP contribution in [-0.2, 0) is 10.6 Å². The number of fused-ring (bicyclic) bond motifs is 1. The van der Waals surface area contributed by atoms with Crippen molar-refractivity contribution in [2.24, 2.45) is 0 Å². The van der Waals surface area contributed by atoms with Crippen molar-refractivity contribution in [3.8, 4) is 0 Å². The number of rotatable bonds is 2. The number of halogens is 2. The molecular formula is C15H18ClFN2O. The quantitative estimate of drug-likeness (QED) is 0.782. The monoisotopic (exact) mass is 296 g/mol. The SMILES string of the molecule is CC1(C)CC(n2c(CCl)nc3c(F)cccc32)CCO1. The summed E-state index contributed by atoms with van der Waals surface area (Å²) in [6.07, 6.45) is 1.77.